The minimum atomic E-state index is 0.406. The minimum Gasteiger partial charge on any atom is -0.361 e. The number of thiazole rings is 1. The molecular formula is C14H17ClN2S. The first-order chi connectivity index (χ1) is 8.81. The van der Waals surface area contributed by atoms with Crippen LogP contribution >= 0.6 is 22.9 Å². The van der Waals surface area contributed by atoms with Crippen LogP contribution in [0.2, 0.25) is 0 Å². The standard InChI is InChI=1S/C14H17ClN2S/c15-11-7-5-10(6-8-11)9-16-14-17-12-3-1-2-4-13(12)18-14/h1-4,10-11H,5-9H2,(H,16,17). The van der Waals surface area contributed by atoms with Crippen molar-refractivity contribution in [2.75, 3.05) is 11.9 Å². The molecule has 0 spiro atoms. The number of benzene rings is 1. The van der Waals surface area contributed by atoms with Gasteiger partial charge in [0.2, 0.25) is 0 Å². The number of nitrogens with one attached hydrogen (secondary N) is 1. The number of hydrogen-bond acceptors (Lipinski definition) is 3. The van der Waals surface area contributed by atoms with Gasteiger partial charge in [-0.25, -0.2) is 4.98 Å². The fourth-order valence-corrected chi connectivity index (χ4v) is 3.63. The molecule has 4 heteroatoms. The van der Waals surface area contributed by atoms with Crippen LogP contribution in [-0.2, 0) is 0 Å². The van der Waals surface area contributed by atoms with Crippen LogP contribution in [0.25, 0.3) is 10.2 Å². The molecule has 0 aliphatic heterocycles. The number of nitrogens with zero attached hydrogens (tertiary/aromatic N) is 1. The van der Waals surface area contributed by atoms with E-state index in [1.807, 2.05) is 6.07 Å². The van der Waals surface area contributed by atoms with Crippen LogP contribution in [0.15, 0.2) is 24.3 Å². The minimum absolute atomic E-state index is 0.406. The fraction of sp³-hybridized carbons (Fsp3) is 0.500. The molecule has 1 aromatic carbocycles. The molecule has 96 valence electrons. The summed E-state index contributed by atoms with van der Waals surface area (Å²) in [4.78, 5) is 4.59. The van der Waals surface area contributed by atoms with Crippen molar-refractivity contribution < 1.29 is 0 Å². The Morgan fingerprint density at radius 1 is 1.22 bits per heavy atom. The third-order valence-electron chi connectivity index (χ3n) is 3.61. The molecule has 0 unspecified atom stereocenters. The van der Waals surface area contributed by atoms with Crippen molar-refractivity contribution in [2.45, 2.75) is 31.1 Å². The monoisotopic (exact) mass is 280 g/mol. The van der Waals surface area contributed by atoms with E-state index in [2.05, 4.69) is 28.5 Å². The molecule has 3 rings (SSSR count). The number of alkyl halides is 1. The van der Waals surface area contributed by atoms with Gasteiger partial charge in [0.05, 0.1) is 10.2 Å². The number of aromatic nitrogens is 1. The Labute approximate surface area is 116 Å². The van der Waals surface area contributed by atoms with Crippen LogP contribution in [0.1, 0.15) is 25.7 Å². The molecule has 0 bridgehead atoms. The lowest BCUT2D eigenvalue weighted by Crippen LogP contribution is -2.21. The van der Waals surface area contributed by atoms with Gasteiger partial charge >= 0.3 is 0 Å². The fourth-order valence-electron chi connectivity index (χ4n) is 2.51. The van der Waals surface area contributed by atoms with Gasteiger partial charge in [0.1, 0.15) is 0 Å². The maximum atomic E-state index is 6.12. The second kappa shape index (κ2) is 5.45. The second-order valence-corrected chi connectivity index (χ2v) is 6.63. The van der Waals surface area contributed by atoms with Gasteiger partial charge in [-0.3, -0.25) is 0 Å². The summed E-state index contributed by atoms with van der Waals surface area (Å²) in [5.74, 6) is 0.756. The number of halogens is 1. The van der Waals surface area contributed by atoms with E-state index < -0.39 is 0 Å². The Balaban J connectivity index is 1.59. The summed E-state index contributed by atoms with van der Waals surface area (Å²) in [5.41, 5.74) is 1.09. The summed E-state index contributed by atoms with van der Waals surface area (Å²) in [5, 5.41) is 4.93. The molecule has 1 saturated carbocycles. The Bertz CT molecular complexity index is 484. The maximum Gasteiger partial charge on any atom is 0.183 e. The molecule has 0 radical (unpaired) electrons. The molecule has 1 aliphatic rings. The molecule has 2 aromatic rings. The number of fused-ring (bicyclic) bond motifs is 1. The molecule has 0 saturated heterocycles. The van der Waals surface area contributed by atoms with E-state index in [1.54, 1.807) is 11.3 Å². The van der Waals surface area contributed by atoms with Crippen molar-refractivity contribution in [1.82, 2.24) is 4.98 Å². The van der Waals surface area contributed by atoms with Gasteiger partial charge in [0.15, 0.2) is 5.13 Å². The van der Waals surface area contributed by atoms with Crippen LogP contribution in [0, 0.1) is 5.92 Å². The summed E-state index contributed by atoms with van der Waals surface area (Å²) in [6, 6.07) is 8.28. The van der Waals surface area contributed by atoms with Crippen molar-refractivity contribution >= 4 is 38.3 Å². The van der Waals surface area contributed by atoms with E-state index in [-0.39, 0.29) is 0 Å². The topological polar surface area (TPSA) is 24.9 Å². The average molecular weight is 281 g/mol. The Morgan fingerprint density at radius 2 is 2.00 bits per heavy atom. The third-order valence-corrected chi connectivity index (χ3v) is 5.04. The van der Waals surface area contributed by atoms with Crippen LogP contribution in [0.5, 0.6) is 0 Å². The molecule has 2 nitrogen and oxygen atoms in total. The number of para-hydroxylation sites is 1. The molecular weight excluding hydrogens is 264 g/mol. The van der Waals surface area contributed by atoms with E-state index in [9.17, 15) is 0 Å². The van der Waals surface area contributed by atoms with Crippen molar-refractivity contribution in [1.29, 1.82) is 0 Å². The zero-order valence-electron chi connectivity index (χ0n) is 10.2. The SMILES string of the molecule is ClC1CCC(CNc2nc3ccccc3s2)CC1. The highest BCUT2D eigenvalue weighted by Crippen LogP contribution is 2.29. The lowest BCUT2D eigenvalue weighted by molar-refractivity contribution is 0.378. The predicted molar refractivity (Wildman–Crippen MR) is 79.7 cm³/mol. The number of rotatable bonds is 3. The van der Waals surface area contributed by atoms with Crippen molar-refractivity contribution in [3.05, 3.63) is 24.3 Å². The first-order valence-electron chi connectivity index (χ1n) is 6.55. The largest absolute Gasteiger partial charge is 0.361 e. The van der Waals surface area contributed by atoms with Gasteiger partial charge in [0.25, 0.3) is 0 Å². The molecule has 0 amide bonds. The molecule has 0 atom stereocenters. The molecule has 1 aliphatic carbocycles. The van der Waals surface area contributed by atoms with Gasteiger partial charge in [-0.1, -0.05) is 23.5 Å². The van der Waals surface area contributed by atoms with E-state index in [1.165, 1.54) is 17.5 Å². The lowest BCUT2D eigenvalue weighted by Gasteiger charge is -2.24. The molecule has 1 heterocycles. The smallest absolute Gasteiger partial charge is 0.183 e. The number of hydrogen-bond donors (Lipinski definition) is 1. The van der Waals surface area contributed by atoms with E-state index >= 15 is 0 Å². The summed E-state index contributed by atoms with van der Waals surface area (Å²) in [6.45, 7) is 1.03. The van der Waals surface area contributed by atoms with Gasteiger partial charge < -0.3 is 5.32 Å². The second-order valence-electron chi connectivity index (χ2n) is 4.99. The Morgan fingerprint density at radius 3 is 2.78 bits per heavy atom. The highest BCUT2D eigenvalue weighted by molar-refractivity contribution is 7.22. The zero-order valence-corrected chi connectivity index (χ0v) is 11.8. The Kier molecular flexibility index (Phi) is 3.71. The quantitative estimate of drug-likeness (QED) is 0.837. The van der Waals surface area contributed by atoms with Gasteiger partial charge in [0, 0.05) is 11.9 Å². The van der Waals surface area contributed by atoms with Gasteiger partial charge in [-0.2, -0.15) is 0 Å². The van der Waals surface area contributed by atoms with Gasteiger partial charge in [-0.05, 0) is 43.7 Å². The molecule has 1 fully saturated rings. The van der Waals surface area contributed by atoms with E-state index in [0.29, 0.717) is 5.38 Å². The summed E-state index contributed by atoms with van der Waals surface area (Å²) < 4.78 is 1.25. The predicted octanol–water partition coefficient (Wildman–Crippen LogP) is 4.51. The molecule has 18 heavy (non-hydrogen) atoms. The normalized spacial score (nSPS) is 24.3. The van der Waals surface area contributed by atoms with Gasteiger partial charge in [-0.15, -0.1) is 11.6 Å². The van der Waals surface area contributed by atoms with Crippen LogP contribution in [0.4, 0.5) is 5.13 Å². The van der Waals surface area contributed by atoms with Crippen molar-refractivity contribution in [2.24, 2.45) is 5.92 Å². The van der Waals surface area contributed by atoms with E-state index in [4.69, 9.17) is 11.6 Å². The summed E-state index contributed by atoms with van der Waals surface area (Å²) >= 11 is 7.86. The van der Waals surface area contributed by atoms with Crippen molar-refractivity contribution in [3.8, 4) is 0 Å². The molecule has 1 N–H and O–H groups in total. The van der Waals surface area contributed by atoms with E-state index in [0.717, 1.165) is 36.0 Å². The first-order valence-corrected chi connectivity index (χ1v) is 7.80. The van der Waals surface area contributed by atoms with Crippen LogP contribution in [-0.4, -0.2) is 16.9 Å². The summed E-state index contributed by atoms with van der Waals surface area (Å²) in [7, 11) is 0. The van der Waals surface area contributed by atoms with Crippen LogP contribution in [0.3, 0.4) is 0 Å². The van der Waals surface area contributed by atoms with Crippen molar-refractivity contribution in [3.63, 3.8) is 0 Å². The molecule has 1 aromatic heterocycles. The highest BCUT2D eigenvalue weighted by Gasteiger charge is 2.19. The Hall–Kier alpha value is -0.800. The average Bonchev–Trinajstić information content (AvgIpc) is 2.81. The lowest BCUT2D eigenvalue weighted by atomic mass is 9.89. The third kappa shape index (κ3) is 2.78. The summed E-state index contributed by atoms with van der Waals surface area (Å²) in [6.07, 6.45) is 4.81. The first kappa shape index (κ1) is 12.2. The highest BCUT2D eigenvalue weighted by atomic mass is 35.5. The van der Waals surface area contributed by atoms with Crippen LogP contribution < -0.4 is 5.32 Å². The zero-order chi connectivity index (χ0) is 12.4. The maximum absolute atomic E-state index is 6.12. The number of anilines is 1.